The third-order valence-corrected chi connectivity index (χ3v) is 6.33. The van der Waals surface area contributed by atoms with Crippen molar-refractivity contribution in [2.75, 3.05) is 18.4 Å². The molecule has 0 aliphatic carbocycles. The van der Waals surface area contributed by atoms with E-state index in [0.29, 0.717) is 6.42 Å². The molecule has 1 aromatic carbocycles. The van der Waals surface area contributed by atoms with Crippen molar-refractivity contribution in [2.45, 2.75) is 91.5 Å². The summed E-state index contributed by atoms with van der Waals surface area (Å²) in [6, 6.07) is 2.06. The van der Waals surface area contributed by atoms with Gasteiger partial charge in [0.25, 0.3) is 5.69 Å². The number of rotatable bonds is 17. The van der Waals surface area contributed by atoms with Gasteiger partial charge >= 0.3 is 6.09 Å². The average Bonchev–Trinajstić information content (AvgIpc) is 2.94. The lowest BCUT2D eigenvalue weighted by atomic mass is 10.00. The Bertz CT molecular complexity index is 1270. The van der Waals surface area contributed by atoms with Gasteiger partial charge in [-0.25, -0.2) is 4.79 Å². The fourth-order valence-corrected chi connectivity index (χ4v) is 4.14. The number of nitro benzene ring substituents is 1. The molecule has 0 saturated heterocycles. The van der Waals surface area contributed by atoms with Gasteiger partial charge in [0.15, 0.2) is 5.96 Å². The zero-order valence-electron chi connectivity index (χ0n) is 28.0. The van der Waals surface area contributed by atoms with Gasteiger partial charge in [-0.1, -0.05) is 27.7 Å². The molecule has 0 radical (unpaired) electrons. The SMILES string of the molecule is CC(C)CC(NC(=O)C(NC(=O)OC(C)(C)C)C(C)C)C(=O)NCC(=O)NC(CCCN=C(N)N)C(=O)Nc1ccc([N+](=O)[O-])cc1. The van der Waals surface area contributed by atoms with Crippen LogP contribution in [0, 0.1) is 22.0 Å². The highest BCUT2D eigenvalue weighted by molar-refractivity contribution is 5.98. The van der Waals surface area contributed by atoms with Crippen LogP contribution in [0.2, 0.25) is 0 Å². The van der Waals surface area contributed by atoms with E-state index in [1.54, 1.807) is 34.6 Å². The van der Waals surface area contributed by atoms with Gasteiger partial charge in [0.1, 0.15) is 23.7 Å². The second-order valence-corrected chi connectivity index (χ2v) is 12.6. The first-order chi connectivity index (χ1) is 21.8. The molecule has 17 heteroatoms. The smallest absolute Gasteiger partial charge is 0.408 e. The molecule has 9 N–H and O–H groups in total. The van der Waals surface area contributed by atoms with Crippen LogP contribution in [0.4, 0.5) is 16.2 Å². The van der Waals surface area contributed by atoms with Crippen molar-refractivity contribution in [3.8, 4) is 0 Å². The third kappa shape index (κ3) is 16.3. The third-order valence-electron chi connectivity index (χ3n) is 6.33. The van der Waals surface area contributed by atoms with Crippen LogP contribution >= 0.6 is 0 Å². The number of nitro groups is 1. The minimum Gasteiger partial charge on any atom is -0.444 e. The van der Waals surface area contributed by atoms with Crippen LogP contribution in [0.3, 0.4) is 0 Å². The first-order valence-electron chi connectivity index (χ1n) is 15.3. The van der Waals surface area contributed by atoms with Gasteiger partial charge in [0.05, 0.1) is 11.5 Å². The number of benzene rings is 1. The normalized spacial score (nSPS) is 13.0. The average molecular weight is 664 g/mol. The number of alkyl carbamates (subject to hydrolysis) is 1. The molecular formula is C30H49N9O8. The van der Waals surface area contributed by atoms with Crippen LogP contribution in [-0.2, 0) is 23.9 Å². The van der Waals surface area contributed by atoms with Crippen molar-refractivity contribution in [1.29, 1.82) is 0 Å². The standard InChI is InChI=1S/C30H49N9O8/c1-17(2)15-22(37-27(43)24(18(3)4)38-29(44)47-30(5,6)7)25(41)34-16-23(40)36-21(9-8-14-33-28(31)32)26(42)35-19-10-12-20(13-11-19)39(45)46/h10-13,17-18,21-22,24H,8-9,14-16H2,1-7H3,(H,34,41)(H,35,42)(H,36,40)(H,37,43)(H,38,44)(H4,31,32,33). The van der Waals surface area contributed by atoms with Crippen LogP contribution in [0.15, 0.2) is 29.3 Å². The minimum absolute atomic E-state index is 0.0195. The molecule has 0 fully saturated rings. The zero-order chi connectivity index (χ0) is 35.9. The molecule has 1 rings (SSSR count). The monoisotopic (exact) mass is 663 g/mol. The summed E-state index contributed by atoms with van der Waals surface area (Å²) in [6.07, 6.45) is -0.0950. The van der Waals surface area contributed by atoms with Crippen molar-refractivity contribution in [3.63, 3.8) is 0 Å². The lowest BCUT2D eigenvalue weighted by molar-refractivity contribution is -0.384. The molecule has 3 unspecified atom stereocenters. The molecule has 1 aromatic rings. The number of non-ortho nitro benzene ring substituents is 1. The van der Waals surface area contributed by atoms with E-state index in [0.717, 1.165) is 0 Å². The Morgan fingerprint density at radius 2 is 1.53 bits per heavy atom. The maximum absolute atomic E-state index is 13.2. The van der Waals surface area contributed by atoms with Crippen molar-refractivity contribution in [3.05, 3.63) is 34.4 Å². The number of nitrogens with zero attached hydrogens (tertiary/aromatic N) is 2. The first-order valence-corrected chi connectivity index (χ1v) is 15.3. The highest BCUT2D eigenvalue weighted by atomic mass is 16.6. The van der Waals surface area contributed by atoms with E-state index in [9.17, 15) is 34.1 Å². The van der Waals surface area contributed by atoms with Crippen LogP contribution in [0.5, 0.6) is 0 Å². The molecule has 262 valence electrons. The van der Waals surface area contributed by atoms with Crippen molar-refractivity contribution in [1.82, 2.24) is 21.3 Å². The quantitative estimate of drug-likeness (QED) is 0.0412. The Hall–Kier alpha value is -4.96. The summed E-state index contributed by atoms with van der Waals surface area (Å²) in [5.41, 5.74) is 10.0. The summed E-state index contributed by atoms with van der Waals surface area (Å²) < 4.78 is 5.26. The fourth-order valence-electron chi connectivity index (χ4n) is 4.14. The minimum atomic E-state index is -1.07. The van der Waals surface area contributed by atoms with Gasteiger partial charge in [-0.3, -0.25) is 34.3 Å². The topological polar surface area (TPSA) is 262 Å². The molecule has 0 aromatic heterocycles. The summed E-state index contributed by atoms with van der Waals surface area (Å²) in [4.78, 5) is 78.8. The van der Waals surface area contributed by atoms with E-state index >= 15 is 0 Å². The van der Waals surface area contributed by atoms with E-state index in [1.165, 1.54) is 24.3 Å². The number of guanidine groups is 1. The van der Waals surface area contributed by atoms with E-state index in [4.69, 9.17) is 16.2 Å². The van der Waals surface area contributed by atoms with Crippen molar-refractivity contribution < 1.29 is 33.6 Å². The largest absolute Gasteiger partial charge is 0.444 e. The van der Waals surface area contributed by atoms with Crippen LogP contribution < -0.4 is 38.1 Å². The number of hydrogen-bond acceptors (Lipinski definition) is 9. The summed E-state index contributed by atoms with van der Waals surface area (Å²) in [5, 5.41) is 23.8. The molecule has 0 aliphatic rings. The van der Waals surface area contributed by atoms with Gasteiger partial charge < -0.3 is 42.8 Å². The maximum Gasteiger partial charge on any atom is 0.408 e. The zero-order valence-corrected chi connectivity index (χ0v) is 28.0. The number of hydrogen-bond donors (Lipinski definition) is 7. The maximum atomic E-state index is 13.2. The van der Waals surface area contributed by atoms with E-state index in [2.05, 4.69) is 31.6 Å². The van der Waals surface area contributed by atoms with E-state index < -0.39 is 64.9 Å². The lowest BCUT2D eigenvalue weighted by Gasteiger charge is -2.27. The number of amides is 5. The molecule has 47 heavy (non-hydrogen) atoms. The Balaban J connectivity index is 2.95. The molecule has 3 atom stereocenters. The Kier molecular flexibility index (Phi) is 16.1. The van der Waals surface area contributed by atoms with Gasteiger partial charge in [0.2, 0.25) is 23.6 Å². The number of anilines is 1. The Labute approximate surface area is 274 Å². The first kappa shape index (κ1) is 40.1. The number of carbonyl (C=O) groups is 5. The molecule has 0 saturated carbocycles. The van der Waals surface area contributed by atoms with Crippen molar-refractivity contribution in [2.24, 2.45) is 28.3 Å². The number of carbonyl (C=O) groups excluding carboxylic acids is 5. The van der Waals surface area contributed by atoms with Crippen molar-refractivity contribution >= 4 is 47.1 Å². The molecule has 0 spiro atoms. The van der Waals surface area contributed by atoms with E-state index in [1.807, 2.05) is 13.8 Å². The van der Waals surface area contributed by atoms with E-state index in [-0.39, 0.29) is 48.6 Å². The molecule has 0 aliphatic heterocycles. The number of nitrogens with one attached hydrogen (secondary N) is 5. The van der Waals surface area contributed by atoms with Gasteiger partial charge in [-0.2, -0.15) is 0 Å². The Morgan fingerprint density at radius 3 is 2.04 bits per heavy atom. The molecular weight excluding hydrogens is 614 g/mol. The highest BCUT2D eigenvalue weighted by Gasteiger charge is 2.31. The predicted molar refractivity (Wildman–Crippen MR) is 176 cm³/mol. The molecule has 17 nitrogen and oxygen atoms in total. The Morgan fingerprint density at radius 1 is 0.915 bits per heavy atom. The lowest BCUT2D eigenvalue weighted by Crippen LogP contribution is -2.57. The summed E-state index contributed by atoms with van der Waals surface area (Å²) in [7, 11) is 0. The molecule has 0 heterocycles. The summed E-state index contributed by atoms with van der Waals surface area (Å²) >= 11 is 0. The summed E-state index contributed by atoms with van der Waals surface area (Å²) in [5.74, 6) is -3.02. The number of nitrogens with two attached hydrogens (primary N) is 2. The summed E-state index contributed by atoms with van der Waals surface area (Å²) in [6.45, 7) is 11.9. The van der Waals surface area contributed by atoms with Crippen LogP contribution in [-0.4, -0.2) is 77.4 Å². The van der Waals surface area contributed by atoms with Gasteiger partial charge in [-0.05, 0) is 64.0 Å². The molecule has 0 bridgehead atoms. The van der Waals surface area contributed by atoms with Crippen LogP contribution in [0.1, 0.15) is 67.7 Å². The second kappa shape index (κ2) is 18.9. The van der Waals surface area contributed by atoms with Crippen LogP contribution in [0.25, 0.3) is 0 Å². The number of ether oxygens (including phenoxy) is 1. The predicted octanol–water partition coefficient (Wildman–Crippen LogP) is 1.27. The fraction of sp³-hybridized carbons (Fsp3) is 0.600. The highest BCUT2D eigenvalue weighted by Crippen LogP contribution is 2.16. The molecule has 5 amide bonds. The number of aliphatic imine (C=N–C) groups is 1. The van der Waals surface area contributed by atoms with Gasteiger partial charge in [-0.15, -0.1) is 0 Å². The van der Waals surface area contributed by atoms with Gasteiger partial charge in [0, 0.05) is 24.4 Å². The second-order valence-electron chi connectivity index (χ2n) is 12.6.